The molecule has 3 rings (SSSR count). The van der Waals surface area contributed by atoms with Gasteiger partial charge >= 0.3 is 0 Å². The number of amides is 2. The van der Waals surface area contributed by atoms with Crippen LogP contribution in [-0.4, -0.2) is 48.1 Å². The van der Waals surface area contributed by atoms with Gasteiger partial charge in [0.2, 0.25) is 11.8 Å². The number of aliphatic hydroxyl groups is 1. The number of nitrogens with zero attached hydrogens (tertiary/aromatic N) is 1. The minimum absolute atomic E-state index is 0.0614. The van der Waals surface area contributed by atoms with Gasteiger partial charge in [0.05, 0.1) is 12.6 Å². The fourth-order valence-corrected chi connectivity index (χ4v) is 3.39. The second-order valence-electron chi connectivity index (χ2n) is 6.62. The lowest BCUT2D eigenvalue weighted by atomic mass is 10.0. The van der Waals surface area contributed by atoms with Crippen LogP contribution in [0.1, 0.15) is 37.4 Å². The quantitative estimate of drug-likeness (QED) is 0.880. The van der Waals surface area contributed by atoms with Gasteiger partial charge in [-0.25, -0.2) is 0 Å². The van der Waals surface area contributed by atoms with Crippen LogP contribution in [0.2, 0.25) is 0 Å². The topological polar surface area (TPSA) is 78.9 Å². The lowest BCUT2D eigenvalue weighted by Gasteiger charge is -2.35. The number of carbonyl (C=O) groups excluding carboxylic acids is 2. The van der Waals surface area contributed by atoms with E-state index in [1.165, 1.54) is 4.90 Å². The zero-order valence-corrected chi connectivity index (χ0v) is 13.9. The minimum Gasteiger partial charge on any atom is -0.386 e. The first kappa shape index (κ1) is 16.9. The van der Waals surface area contributed by atoms with Gasteiger partial charge in [-0.15, -0.1) is 0 Å². The number of morpholine rings is 1. The number of ether oxygens (including phenoxy) is 1. The van der Waals surface area contributed by atoms with E-state index in [1.54, 1.807) is 31.3 Å². The number of aliphatic hydroxyl groups excluding tert-OH is 1. The number of hydrogen-bond acceptors (Lipinski definition) is 4. The zero-order valence-electron chi connectivity index (χ0n) is 13.9. The summed E-state index contributed by atoms with van der Waals surface area (Å²) >= 11 is 0. The van der Waals surface area contributed by atoms with Crippen molar-refractivity contribution < 1.29 is 19.4 Å². The molecule has 2 N–H and O–H groups in total. The molecule has 0 spiro atoms. The average Bonchev–Trinajstić information content (AvgIpc) is 3.12. The highest BCUT2D eigenvalue weighted by molar-refractivity contribution is 5.92. The van der Waals surface area contributed by atoms with Crippen LogP contribution in [-0.2, 0) is 14.3 Å². The van der Waals surface area contributed by atoms with Gasteiger partial charge in [-0.1, -0.05) is 25.0 Å². The molecule has 2 amide bonds. The van der Waals surface area contributed by atoms with E-state index in [-0.39, 0.29) is 24.3 Å². The summed E-state index contributed by atoms with van der Waals surface area (Å²) in [6, 6.07) is 6.74. The molecule has 1 heterocycles. The standard InChI is InChI=1S/C18H24N2O4/c1-20-15(10-24-11-16(20)21)17(22)12-6-8-14(9-7-12)19-18(23)13-4-2-3-5-13/h6-9,13,15,17,22H,2-5,10-11H2,1H3,(H,19,23). The molecule has 130 valence electrons. The highest BCUT2D eigenvalue weighted by Crippen LogP contribution is 2.27. The van der Waals surface area contributed by atoms with Crippen LogP contribution in [0.25, 0.3) is 0 Å². The molecule has 2 unspecified atom stereocenters. The number of carbonyl (C=O) groups is 2. The first-order valence-corrected chi connectivity index (χ1v) is 8.48. The molecule has 1 aliphatic carbocycles. The Hall–Kier alpha value is -1.92. The Morgan fingerprint density at radius 2 is 1.96 bits per heavy atom. The van der Waals surface area contributed by atoms with Crippen molar-refractivity contribution in [2.45, 2.75) is 37.8 Å². The number of anilines is 1. The van der Waals surface area contributed by atoms with E-state index < -0.39 is 12.1 Å². The van der Waals surface area contributed by atoms with E-state index in [0.29, 0.717) is 12.2 Å². The molecule has 1 aromatic rings. The van der Waals surface area contributed by atoms with Crippen LogP contribution in [0.5, 0.6) is 0 Å². The summed E-state index contributed by atoms with van der Waals surface area (Å²) in [5, 5.41) is 13.5. The Morgan fingerprint density at radius 3 is 2.62 bits per heavy atom. The second kappa shape index (κ2) is 7.32. The Bertz CT molecular complexity index is 596. The summed E-state index contributed by atoms with van der Waals surface area (Å²) in [6.45, 7) is 0.370. The van der Waals surface area contributed by atoms with E-state index in [0.717, 1.165) is 31.4 Å². The van der Waals surface area contributed by atoms with Gasteiger partial charge in [0, 0.05) is 18.7 Å². The molecule has 1 aliphatic heterocycles. The predicted molar refractivity (Wildman–Crippen MR) is 89.4 cm³/mol. The maximum atomic E-state index is 12.1. The zero-order chi connectivity index (χ0) is 17.1. The molecule has 0 radical (unpaired) electrons. The molecule has 24 heavy (non-hydrogen) atoms. The van der Waals surface area contributed by atoms with Gasteiger partial charge in [0.1, 0.15) is 12.7 Å². The Balaban J connectivity index is 1.63. The van der Waals surface area contributed by atoms with Gasteiger partial charge in [0.15, 0.2) is 0 Å². The van der Waals surface area contributed by atoms with Crippen LogP contribution in [0, 0.1) is 5.92 Å². The number of benzene rings is 1. The summed E-state index contributed by atoms with van der Waals surface area (Å²) in [5.74, 6) is 0.0619. The normalized spacial score (nSPS) is 23.3. The van der Waals surface area contributed by atoms with Crippen molar-refractivity contribution in [2.75, 3.05) is 25.6 Å². The van der Waals surface area contributed by atoms with Crippen molar-refractivity contribution in [3.05, 3.63) is 29.8 Å². The van der Waals surface area contributed by atoms with Crippen molar-refractivity contribution in [1.29, 1.82) is 0 Å². The van der Waals surface area contributed by atoms with Crippen LogP contribution in [0.3, 0.4) is 0 Å². The third kappa shape index (κ3) is 3.60. The molecule has 2 fully saturated rings. The molecule has 1 saturated carbocycles. The molecule has 1 saturated heterocycles. The first-order chi connectivity index (χ1) is 11.6. The van der Waals surface area contributed by atoms with Gasteiger partial charge in [-0.3, -0.25) is 9.59 Å². The SMILES string of the molecule is CN1C(=O)COCC1C(O)c1ccc(NC(=O)C2CCCC2)cc1. The third-order valence-electron chi connectivity index (χ3n) is 5.02. The van der Waals surface area contributed by atoms with E-state index >= 15 is 0 Å². The van der Waals surface area contributed by atoms with E-state index in [9.17, 15) is 14.7 Å². The van der Waals surface area contributed by atoms with Crippen LogP contribution >= 0.6 is 0 Å². The van der Waals surface area contributed by atoms with Crippen molar-refractivity contribution in [2.24, 2.45) is 5.92 Å². The number of hydrogen-bond donors (Lipinski definition) is 2. The van der Waals surface area contributed by atoms with Gasteiger partial charge in [-0.05, 0) is 30.5 Å². The van der Waals surface area contributed by atoms with Crippen molar-refractivity contribution in [1.82, 2.24) is 4.90 Å². The lowest BCUT2D eigenvalue weighted by Crippen LogP contribution is -2.49. The summed E-state index contributed by atoms with van der Waals surface area (Å²) in [4.78, 5) is 25.4. The predicted octanol–water partition coefficient (Wildman–Crippen LogP) is 1.71. The van der Waals surface area contributed by atoms with Gasteiger partial charge in [-0.2, -0.15) is 0 Å². The number of likely N-dealkylation sites (N-methyl/N-ethyl adjacent to an activating group) is 1. The smallest absolute Gasteiger partial charge is 0.248 e. The van der Waals surface area contributed by atoms with Gasteiger partial charge < -0.3 is 20.1 Å². The fourth-order valence-electron chi connectivity index (χ4n) is 3.39. The maximum Gasteiger partial charge on any atom is 0.248 e. The molecule has 0 aromatic heterocycles. The molecule has 6 nitrogen and oxygen atoms in total. The molecule has 1 aromatic carbocycles. The van der Waals surface area contributed by atoms with E-state index in [4.69, 9.17) is 4.74 Å². The molecular weight excluding hydrogens is 308 g/mol. The highest BCUT2D eigenvalue weighted by atomic mass is 16.5. The Morgan fingerprint density at radius 1 is 1.29 bits per heavy atom. The largest absolute Gasteiger partial charge is 0.386 e. The minimum atomic E-state index is -0.821. The van der Waals surface area contributed by atoms with Crippen LogP contribution in [0.15, 0.2) is 24.3 Å². The molecule has 6 heteroatoms. The van der Waals surface area contributed by atoms with Crippen molar-refractivity contribution in [3.63, 3.8) is 0 Å². The summed E-state index contributed by atoms with van der Waals surface area (Å²) in [7, 11) is 1.68. The molecule has 2 aliphatic rings. The third-order valence-corrected chi connectivity index (χ3v) is 5.02. The fraction of sp³-hybridized carbons (Fsp3) is 0.556. The van der Waals surface area contributed by atoms with Crippen LogP contribution < -0.4 is 5.32 Å². The summed E-state index contributed by atoms with van der Waals surface area (Å²) < 4.78 is 5.23. The van der Waals surface area contributed by atoms with Crippen molar-refractivity contribution >= 4 is 17.5 Å². The molecule has 0 bridgehead atoms. The first-order valence-electron chi connectivity index (χ1n) is 8.48. The summed E-state index contributed by atoms with van der Waals surface area (Å²) in [5.41, 5.74) is 1.43. The molecular formula is C18H24N2O4. The lowest BCUT2D eigenvalue weighted by molar-refractivity contribution is -0.151. The summed E-state index contributed by atoms with van der Waals surface area (Å²) in [6.07, 6.45) is 3.35. The van der Waals surface area contributed by atoms with E-state index in [1.807, 2.05) is 0 Å². The highest BCUT2D eigenvalue weighted by Gasteiger charge is 2.32. The Labute approximate surface area is 141 Å². The van der Waals surface area contributed by atoms with Crippen LogP contribution in [0.4, 0.5) is 5.69 Å². The van der Waals surface area contributed by atoms with Crippen molar-refractivity contribution in [3.8, 4) is 0 Å². The Kier molecular flexibility index (Phi) is 5.16. The monoisotopic (exact) mass is 332 g/mol. The average molecular weight is 332 g/mol. The molecule has 2 atom stereocenters. The van der Waals surface area contributed by atoms with Gasteiger partial charge in [0.25, 0.3) is 0 Å². The maximum absolute atomic E-state index is 12.1. The number of rotatable bonds is 4. The second-order valence-corrected chi connectivity index (χ2v) is 6.62. The number of nitrogens with one attached hydrogen (secondary N) is 1. The van der Waals surface area contributed by atoms with E-state index in [2.05, 4.69) is 5.32 Å².